The predicted octanol–water partition coefficient (Wildman–Crippen LogP) is 3.10. The highest BCUT2D eigenvalue weighted by molar-refractivity contribution is 7.91. The molecule has 2 aromatic carbocycles. The summed E-state index contributed by atoms with van der Waals surface area (Å²) >= 11 is 0. The van der Waals surface area contributed by atoms with Crippen LogP contribution >= 0.6 is 0 Å². The number of piperidine rings is 1. The minimum atomic E-state index is -2.99. The Bertz CT molecular complexity index is 1680. The van der Waals surface area contributed by atoms with Gasteiger partial charge in [-0.2, -0.15) is 0 Å². The van der Waals surface area contributed by atoms with Crippen molar-refractivity contribution in [2.24, 2.45) is 0 Å². The molecule has 1 atom stereocenters. The number of benzene rings is 2. The van der Waals surface area contributed by atoms with Crippen molar-refractivity contribution in [1.29, 1.82) is 0 Å². The van der Waals surface area contributed by atoms with Gasteiger partial charge in [-0.05, 0) is 70.4 Å². The molecule has 0 spiro atoms. The second kappa shape index (κ2) is 13.9. The number of hydrogen-bond donors (Lipinski definition) is 2. The van der Waals surface area contributed by atoms with Crippen LogP contribution in [0.5, 0.6) is 23.0 Å². The van der Waals surface area contributed by atoms with E-state index in [1.54, 1.807) is 0 Å². The van der Waals surface area contributed by atoms with Crippen molar-refractivity contribution in [2.75, 3.05) is 64.8 Å². The number of carbonyl (C=O) groups is 1. The molecule has 1 amide bonds. The Morgan fingerprint density at radius 3 is 2.72 bits per heavy atom. The van der Waals surface area contributed by atoms with Crippen LogP contribution in [-0.4, -0.2) is 105 Å². The summed E-state index contributed by atoms with van der Waals surface area (Å²) in [7, 11) is -1.08. The smallest absolute Gasteiger partial charge is 0.237 e. The second-order valence-electron chi connectivity index (χ2n) is 12.2. The maximum absolute atomic E-state index is 12.9. The van der Waals surface area contributed by atoms with E-state index >= 15 is 0 Å². The summed E-state index contributed by atoms with van der Waals surface area (Å²) in [5.41, 5.74) is 2.32. The molecule has 1 aromatic heterocycles. The molecule has 13 nitrogen and oxygen atoms in total. The van der Waals surface area contributed by atoms with Crippen molar-refractivity contribution in [3.63, 3.8) is 0 Å². The Hall–Kier alpha value is -3.88. The third-order valence-corrected chi connectivity index (χ3v) is 10.6. The van der Waals surface area contributed by atoms with E-state index in [-0.39, 0.29) is 24.0 Å². The summed E-state index contributed by atoms with van der Waals surface area (Å²) in [5, 5.41) is 7.02. The van der Waals surface area contributed by atoms with Crippen molar-refractivity contribution in [2.45, 2.75) is 50.4 Å². The molecule has 2 N–H and O–H groups in total. The van der Waals surface area contributed by atoms with Gasteiger partial charge in [-0.1, -0.05) is 6.07 Å². The van der Waals surface area contributed by atoms with E-state index in [1.165, 1.54) is 12.6 Å². The van der Waals surface area contributed by atoms with Crippen molar-refractivity contribution in [3.8, 4) is 23.0 Å². The molecule has 0 saturated carbocycles. The van der Waals surface area contributed by atoms with Crippen LogP contribution in [0.4, 0.5) is 11.5 Å². The number of likely N-dealkylation sites (tertiary alicyclic amines) is 1. The zero-order chi connectivity index (χ0) is 32.3. The highest BCUT2D eigenvalue weighted by Gasteiger charge is 2.27. The maximum atomic E-state index is 12.9. The normalized spacial score (nSPS) is 20.2. The van der Waals surface area contributed by atoms with E-state index in [0.717, 1.165) is 37.0 Å². The summed E-state index contributed by atoms with van der Waals surface area (Å²) in [6.07, 6.45) is 5.56. The van der Waals surface area contributed by atoms with Crippen LogP contribution in [0.15, 0.2) is 30.6 Å². The minimum absolute atomic E-state index is 0.0612. The minimum Gasteiger partial charge on any atom is -0.490 e. The third kappa shape index (κ3) is 7.24. The molecule has 3 aliphatic heterocycles. The van der Waals surface area contributed by atoms with Gasteiger partial charge in [-0.25, -0.2) is 18.4 Å². The van der Waals surface area contributed by atoms with Gasteiger partial charge >= 0.3 is 0 Å². The van der Waals surface area contributed by atoms with Crippen molar-refractivity contribution >= 4 is 38.2 Å². The number of hydrogen-bond acceptors (Lipinski definition) is 12. The fourth-order valence-corrected chi connectivity index (χ4v) is 7.11. The first-order chi connectivity index (χ1) is 22.2. The van der Waals surface area contributed by atoms with Crippen LogP contribution in [0.25, 0.3) is 10.9 Å². The molecule has 0 radical (unpaired) electrons. The molecule has 2 bridgehead atoms. The molecule has 4 heterocycles. The quantitative estimate of drug-likeness (QED) is 0.377. The first kappa shape index (κ1) is 32.1. The largest absolute Gasteiger partial charge is 0.490 e. The van der Waals surface area contributed by atoms with Crippen molar-refractivity contribution < 1.29 is 32.2 Å². The molecule has 3 aromatic rings. The lowest BCUT2D eigenvalue weighted by Crippen LogP contribution is -2.43. The summed E-state index contributed by atoms with van der Waals surface area (Å²) < 4.78 is 47.8. The summed E-state index contributed by atoms with van der Waals surface area (Å²) in [6, 6.07) is 7.24. The fourth-order valence-electron chi connectivity index (χ4n) is 6.04. The monoisotopic (exact) mass is 654 g/mol. The SMILES string of the molecule is C[C@H]1C(=O)NCCCOc2cc3c(ncnc3cc2OCCCN2CCC(S(C)(=O)=O)CC2)Nc2c(ccc3c2OCO3)CN1C. The lowest BCUT2D eigenvalue weighted by Gasteiger charge is -2.30. The predicted molar refractivity (Wildman–Crippen MR) is 174 cm³/mol. The van der Waals surface area contributed by atoms with Crippen LogP contribution in [0, 0.1) is 0 Å². The Morgan fingerprint density at radius 1 is 1.09 bits per heavy atom. The lowest BCUT2D eigenvalue weighted by molar-refractivity contribution is -0.125. The molecule has 0 unspecified atom stereocenters. The standard InChI is InChI=1S/C32H42N6O7S/c1-21-32(39)33-10-4-14-42-27-16-24-25(17-28(27)43-15-5-11-38-12-8-23(9-13-38)46(3,40)41)34-19-35-31(24)36-29-22(18-37(21)2)6-7-26-30(29)45-20-44-26/h6-7,16-17,19,21,23H,4-5,8-15,18,20H2,1-3H3,(H,33,39)(H,34,35,36)/t21-/m0/s1. The van der Waals surface area contributed by atoms with E-state index in [9.17, 15) is 13.2 Å². The molecule has 0 aliphatic carbocycles. The lowest BCUT2D eigenvalue weighted by atomic mass is 10.1. The fraction of sp³-hybridized carbons (Fsp3) is 0.531. The van der Waals surface area contributed by atoms with Crippen LogP contribution in [-0.2, 0) is 21.2 Å². The zero-order valence-corrected chi connectivity index (χ0v) is 27.4. The highest BCUT2D eigenvalue weighted by atomic mass is 32.2. The topological polar surface area (TPSA) is 144 Å². The van der Waals surface area contributed by atoms with Crippen LogP contribution < -0.4 is 29.6 Å². The van der Waals surface area contributed by atoms with E-state index in [0.29, 0.717) is 85.6 Å². The number of anilines is 2. The van der Waals surface area contributed by atoms with E-state index in [2.05, 4.69) is 25.5 Å². The number of fused-ring (bicyclic) bond motifs is 4. The number of rotatable bonds is 6. The molecule has 6 rings (SSSR count). The first-order valence-corrected chi connectivity index (χ1v) is 17.7. The Balaban J connectivity index is 1.24. The van der Waals surface area contributed by atoms with Gasteiger partial charge in [0.25, 0.3) is 0 Å². The van der Waals surface area contributed by atoms with Gasteiger partial charge in [0.15, 0.2) is 23.0 Å². The van der Waals surface area contributed by atoms with Crippen molar-refractivity contribution in [3.05, 3.63) is 36.2 Å². The van der Waals surface area contributed by atoms with Crippen LogP contribution in [0.1, 0.15) is 38.2 Å². The first-order valence-electron chi connectivity index (χ1n) is 15.8. The van der Waals surface area contributed by atoms with Gasteiger partial charge in [-0.15, -0.1) is 0 Å². The van der Waals surface area contributed by atoms with Gasteiger partial charge in [0.1, 0.15) is 22.0 Å². The summed E-state index contributed by atoms with van der Waals surface area (Å²) in [6.45, 7) is 6.15. The van der Waals surface area contributed by atoms with Gasteiger partial charge < -0.3 is 34.5 Å². The summed E-state index contributed by atoms with van der Waals surface area (Å²) in [5.74, 6) is 2.87. The van der Waals surface area contributed by atoms with Gasteiger partial charge in [-0.3, -0.25) is 9.69 Å². The number of nitrogens with one attached hydrogen (secondary N) is 2. The maximum Gasteiger partial charge on any atom is 0.237 e. The Morgan fingerprint density at radius 2 is 1.91 bits per heavy atom. The molecule has 1 fully saturated rings. The average Bonchev–Trinajstić information content (AvgIpc) is 3.52. The molecular formula is C32H42N6O7S. The van der Waals surface area contributed by atoms with Gasteiger partial charge in [0, 0.05) is 37.3 Å². The zero-order valence-electron chi connectivity index (χ0n) is 26.6. The Kier molecular flexibility index (Phi) is 9.66. The molecule has 14 heteroatoms. The van der Waals surface area contributed by atoms with Crippen LogP contribution in [0.2, 0.25) is 0 Å². The van der Waals surface area contributed by atoms with E-state index in [1.807, 2.05) is 43.1 Å². The summed E-state index contributed by atoms with van der Waals surface area (Å²) in [4.78, 5) is 26.3. The molecule has 248 valence electrons. The molecular weight excluding hydrogens is 612 g/mol. The van der Waals surface area contributed by atoms with Crippen LogP contribution in [0.3, 0.4) is 0 Å². The number of aromatic nitrogens is 2. The molecule has 1 saturated heterocycles. The number of ether oxygens (including phenoxy) is 4. The number of amides is 1. The molecule has 46 heavy (non-hydrogen) atoms. The van der Waals surface area contributed by atoms with Gasteiger partial charge in [0.05, 0.1) is 35.7 Å². The molecule has 3 aliphatic rings. The number of carbonyl (C=O) groups excluding carboxylic acids is 1. The average molecular weight is 655 g/mol. The number of sulfone groups is 1. The second-order valence-corrected chi connectivity index (χ2v) is 14.5. The number of nitrogens with zero attached hydrogens (tertiary/aromatic N) is 4. The van der Waals surface area contributed by atoms with E-state index < -0.39 is 9.84 Å². The van der Waals surface area contributed by atoms with Gasteiger partial charge in [0.2, 0.25) is 12.7 Å². The van der Waals surface area contributed by atoms with Crippen molar-refractivity contribution in [1.82, 2.24) is 25.1 Å². The third-order valence-electron chi connectivity index (χ3n) is 8.92. The van der Waals surface area contributed by atoms with E-state index in [4.69, 9.17) is 18.9 Å². The Labute approximate surface area is 269 Å². The highest BCUT2D eigenvalue weighted by Crippen LogP contribution is 2.44. The number of likely N-dealkylation sites (N-methyl/N-ethyl adjacent to an activating group) is 1.